The molecule has 0 bridgehead atoms. The summed E-state index contributed by atoms with van der Waals surface area (Å²) in [5, 5.41) is 8.19. The van der Waals surface area contributed by atoms with Crippen molar-refractivity contribution in [2.75, 3.05) is 5.32 Å². The number of rotatable bonds is 7. The number of nitrogens with zero attached hydrogens (tertiary/aromatic N) is 4. The van der Waals surface area contributed by atoms with Gasteiger partial charge in [0.1, 0.15) is 0 Å². The van der Waals surface area contributed by atoms with E-state index in [2.05, 4.69) is 27.3 Å². The van der Waals surface area contributed by atoms with Gasteiger partial charge in [0.2, 0.25) is 11.1 Å². The first-order valence-electron chi connectivity index (χ1n) is 9.46. The number of fused-ring (bicyclic) bond motifs is 1. The Kier molecular flexibility index (Phi) is 7.03. The Morgan fingerprint density at radius 3 is 2.59 bits per heavy atom. The first-order chi connectivity index (χ1) is 13.8. The molecule has 1 amide bonds. The molecular weight excluding hydrogens is 429 g/mol. The summed E-state index contributed by atoms with van der Waals surface area (Å²) in [5.74, 6) is 0.317. The van der Waals surface area contributed by atoms with E-state index in [1.807, 2.05) is 13.8 Å². The van der Waals surface area contributed by atoms with Gasteiger partial charge in [-0.15, -0.1) is 5.10 Å². The van der Waals surface area contributed by atoms with Crippen LogP contribution in [0, 0.1) is 13.8 Å². The van der Waals surface area contributed by atoms with Crippen LogP contribution < -0.4 is 5.32 Å². The van der Waals surface area contributed by atoms with E-state index in [0.29, 0.717) is 26.7 Å². The second-order valence-corrected chi connectivity index (χ2v) is 8.94. The maximum absolute atomic E-state index is 12.6. The quantitative estimate of drug-likeness (QED) is 0.479. The first-order valence-corrected chi connectivity index (χ1v) is 11.1. The zero-order valence-corrected chi connectivity index (χ0v) is 19.1. The number of para-hydroxylation sites is 1. The van der Waals surface area contributed by atoms with Gasteiger partial charge in [-0.1, -0.05) is 54.4 Å². The molecule has 1 atom stereocenters. The maximum atomic E-state index is 12.6. The number of carbonyl (C=O) groups excluding carboxylic acids is 1. The highest BCUT2D eigenvalue weighted by Crippen LogP contribution is 2.31. The Hall–Kier alpha value is -1.83. The van der Waals surface area contributed by atoms with Crippen LogP contribution in [0.2, 0.25) is 10.0 Å². The van der Waals surface area contributed by atoms with Crippen LogP contribution in [-0.4, -0.2) is 30.7 Å². The number of hydrogen-bond donors (Lipinski definition) is 1. The van der Waals surface area contributed by atoms with Crippen molar-refractivity contribution in [2.24, 2.45) is 0 Å². The number of benzene rings is 1. The van der Waals surface area contributed by atoms with E-state index in [1.165, 1.54) is 17.3 Å². The predicted molar refractivity (Wildman–Crippen MR) is 119 cm³/mol. The molecule has 2 aromatic heterocycles. The molecule has 1 unspecified atom stereocenters. The lowest BCUT2D eigenvalue weighted by atomic mass is 10.1. The number of halogens is 2. The molecule has 0 aliphatic rings. The minimum Gasteiger partial charge on any atom is -0.323 e. The van der Waals surface area contributed by atoms with Gasteiger partial charge in [-0.25, -0.2) is 9.50 Å². The highest BCUT2D eigenvalue weighted by atomic mass is 35.5. The topological polar surface area (TPSA) is 72.2 Å². The first kappa shape index (κ1) is 21.9. The van der Waals surface area contributed by atoms with E-state index in [1.54, 1.807) is 29.6 Å². The van der Waals surface area contributed by atoms with E-state index < -0.39 is 5.25 Å². The summed E-state index contributed by atoms with van der Waals surface area (Å²) in [7, 11) is 0. The number of thioether (sulfide) groups is 1. The average Bonchev–Trinajstić information content (AvgIpc) is 3.07. The number of amides is 1. The van der Waals surface area contributed by atoms with Gasteiger partial charge >= 0.3 is 0 Å². The van der Waals surface area contributed by atoms with Crippen LogP contribution in [0.15, 0.2) is 23.4 Å². The minimum atomic E-state index is -0.444. The summed E-state index contributed by atoms with van der Waals surface area (Å²) in [4.78, 5) is 21.7. The Morgan fingerprint density at radius 2 is 1.93 bits per heavy atom. The summed E-state index contributed by atoms with van der Waals surface area (Å²) in [6.07, 6.45) is 3.20. The molecule has 6 nitrogen and oxygen atoms in total. The highest BCUT2D eigenvalue weighted by Gasteiger charge is 2.21. The molecule has 0 radical (unpaired) electrons. The van der Waals surface area contributed by atoms with Crippen molar-refractivity contribution in [1.82, 2.24) is 19.6 Å². The van der Waals surface area contributed by atoms with Crippen molar-refractivity contribution in [1.29, 1.82) is 0 Å². The molecule has 3 aromatic rings. The summed E-state index contributed by atoms with van der Waals surface area (Å²) in [5.41, 5.74) is 3.64. The molecule has 29 heavy (non-hydrogen) atoms. The summed E-state index contributed by atoms with van der Waals surface area (Å²) in [6.45, 7) is 7.99. The van der Waals surface area contributed by atoms with E-state index in [0.717, 1.165) is 30.7 Å². The van der Waals surface area contributed by atoms with E-state index >= 15 is 0 Å². The van der Waals surface area contributed by atoms with Crippen molar-refractivity contribution in [2.45, 2.75) is 57.4 Å². The van der Waals surface area contributed by atoms with Gasteiger partial charge in [0.05, 0.1) is 21.0 Å². The van der Waals surface area contributed by atoms with Crippen LogP contribution in [-0.2, 0) is 11.2 Å². The lowest BCUT2D eigenvalue weighted by molar-refractivity contribution is -0.115. The minimum absolute atomic E-state index is 0.228. The number of nitrogens with one attached hydrogen (secondary N) is 1. The van der Waals surface area contributed by atoms with Gasteiger partial charge in [-0.2, -0.15) is 4.98 Å². The normalized spacial score (nSPS) is 12.3. The molecule has 0 aliphatic heterocycles. The largest absolute Gasteiger partial charge is 0.323 e. The number of anilines is 1. The summed E-state index contributed by atoms with van der Waals surface area (Å²) < 4.78 is 1.76. The molecule has 1 N–H and O–H groups in total. The molecule has 0 spiro atoms. The van der Waals surface area contributed by atoms with Gasteiger partial charge < -0.3 is 5.32 Å². The zero-order valence-electron chi connectivity index (χ0n) is 16.8. The van der Waals surface area contributed by atoms with Crippen LogP contribution in [0.4, 0.5) is 5.69 Å². The SMILES string of the molecule is CCCCc1c(C)nc2nc(SC(C)C(=O)Nc3c(Cl)cccc3Cl)nn2c1C. The van der Waals surface area contributed by atoms with Crippen molar-refractivity contribution < 1.29 is 4.79 Å². The van der Waals surface area contributed by atoms with Gasteiger partial charge in [0, 0.05) is 11.4 Å². The monoisotopic (exact) mass is 451 g/mol. The second kappa shape index (κ2) is 9.32. The fourth-order valence-electron chi connectivity index (χ4n) is 3.01. The lowest BCUT2D eigenvalue weighted by Crippen LogP contribution is -2.23. The number of hydrogen-bond acceptors (Lipinski definition) is 5. The number of aryl methyl sites for hydroxylation is 2. The number of carbonyl (C=O) groups is 1. The number of unbranched alkanes of at least 4 members (excludes halogenated alkanes) is 1. The van der Waals surface area contributed by atoms with Crippen molar-refractivity contribution in [3.63, 3.8) is 0 Å². The lowest BCUT2D eigenvalue weighted by Gasteiger charge is -2.12. The fraction of sp³-hybridized carbons (Fsp3) is 0.400. The van der Waals surface area contributed by atoms with Crippen molar-refractivity contribution in [3.8, 4) is 0 Å². The Balaban J connectivity index is 1.79. The highest BCUT2D eigenvalue weighted by molar-refractivity contribution is 8.00. The Bertz CT molecular complexity index is 1030. The van der Waals surface area contributed by atoms with Gasteiger partial charge in [-0.3, -0.25) is 4.79 Å². The molecule has 0 fully saturated rings. The third-order valence-electron chi connectivity index (χ3n) is 4.67. The maximum Gasteiger partial charge on any atom is 0.253 e. The van der Waals surface area contributed by atoms with Crippen LogP contribution in [0.1, 0.15) is 43.6 Å². The third-order valence-corrected chi connectivity index (χ3v) is 6.25. The van der Waals surface area contributed by atoms with Gasteiger partial charge in [-0.05, 0) is 51.3 Å². The van der Waals surface area contributed by atoms with Crippen LogP contribution in [0.3, 0.4) is 0 Å². The zero-order chi connectivity index (χ0) is 21.1. The van der Waals surface area contributed by atoms with E-state index in [4.69, 9.17) is 23.2 Å². The van der Waals surface area contributed by atoms with E-state index in [9.17, 15) is 4.79 Å². The molecule has 0 saturated heterocycles. The third kappa shape index (κ3) is 4.85. The predicted octanol–water partition coefficient (Wildman–Crippen LogP) is 5.51. The average molecular weight is 452 g/mol. The van der Waals surface area contributed by atoms with Crippen LogP contribution in [0.25, 0.3) is 5.78 Å². The molecule has 3 rings (SSSR count). The fourth-order valence-corrected chi connectivity index (χ4v) is 4.25. The van der Waals surface area contributed by atoms with Crippen LogP contribution >= 0.6 is 35.0 Å². The number of aromatic nitrogens is 4. The van der Waals surface area contributed by atoms with Crippen LogP contribution in [0.5, 0.6) is 0 Å². The summed E-state index contributed by atoms with van der Waals surface area (Å²) >= 11 is 13.5. The molecule has 0 saturated carbocycles. The summed E-state index contributed by atoms with van der Waals surface area (Å²) in [6, 6.07) is 5.08. The molecule has 1 aromatic carbocycles. The Morgan fingerprint density at radius 1 is 1.24 bits per heavy atom. The molecule has 2 heterocycles. The molecule has 0 aliphatic carbocycles. The second-order valence-electron chi connectivity index (χ2n) is 6.82. The van der Waals surface area contributed by atoms with Crippen molar-refractivity contribution >= 4 is 52.3 Å². The van der Waals surface area contributed by atoms with Crippen molar-refractivity contribution in [3.05, 3.63) is 45.2 Å². The molecule has 154 valence electrons. The Labute approximate surface area is 184 Å². The molecular formula is C20H23Cl2N5OS. The van der Waals surface area contributed by atoms with E-state index in [-0.39, 0.29) is 5.91 Å². The molecule has 9 heteroatoms. The standard InChI is InChI=1S/C20H23Cl2N5OS/c1-5-6-8-14-11(2)23-19-25-20(26-27(19)12(14)3)29-13(4)18(28)24-17-15(21)9-7-10-16(17)22/h7,9-10,13H,5-6,8H2,1-4H3,(H,24,28). The smallest absolute Gasteiger partial charge is 0.253 e. The van der Waals surface area contributed by atoms with Gasteiger partial charge in [0.25, 0.3) is 5.78 Å². The van der Waals surface area contributed by atoms with Gasteiger partial charge in [0.15, 0.2) is 0 Å².